The van der Waals surface area contributed by atoms with E-state index < -0.39 is 0 Å². The molecule has 1 aliphatic heterocycles. The van der Waals surface area contributed by atoms with Crippen LogP contribution in [0.5, 0.6) is 5.75 Å². The number of nitrogens with zero attached hydrogens (tertiary/aromatic N) is 2. The molecular formula is C15H25IN4O. The zero-order valence-corrected chi connectivity index (χ0v) is 14.9. The van der Waals surface area contributed by atoms with Crippen LogP contribution in [0.2, 0.25) is 0 Å². The van der Waals surface area contributed by atoms with Crippen molar-refractivity contribution in [2.24, 2.45) is 10.7 Å². The number of nitrogens with one attached hydrogen (secondary N) is 1. The van der Waals surface area contributed by atoms with Gasteiger partial charge in [-0.2, -0.15) is 0 Å². The number of ether oxygens (including phenoxy) is 1. The molecule has 0 spiro atoms. The van der Waals surface area contributed by atoms with E-state index in [1.165, 1.54) is 25.9 Å². The fourth-order valence-corrected chi connectivity index (χ4v) is 2.39. The van der Waals surface area contributed by atoms with Crippen LogP contribution in [-0.4, -0.2) is 44.1 Å². The second-order valence-corrected chi connectivity index (χ2v) is 5.03. The molecule has 0 atom stereocenters. The van der Waals surface area contributed by atoms with Crippen LogP contribution in [0.25, 0.3) is 0 Å². The van der Waals surface area contributed by atoms with Gasteiger partial charge in [0.25, 0.3) is 0 Å². The summed E-state index contributed by atoms with van der Waals surface area (Å²) in [6.07, 6.45) is 3.73. The van der Waals surface area contributed by atoms with E-state index in [9.17, 15) is 0 Å². The normalized spacial score (nSPS) is 15.6. The van der Waals surface area contributed by atoms with Crippen LogP contribution in [0.15, 0.2) is 29.3 Å². The van der Waals surface area contributed by atoms with Crippen LogP contribution in [0, 0.1) is 0 Å². The Hall–Kier alpha value is -1.02. The van der Waals surface area contributed by atoms with Gasteiger partial charge >= 0.3 is 0 Å². The predicted octanol–water partition coefficient (Wildman–Crippen LogP) is 2.53. The average Bonchev–Trinajstić information content (AvgIpc) is 2.97. The fourth-order valence-electron chi connectivity index (χ4n) is 2.39. The van der Waals surface area contributed by atoms with Crippen LogP contribution in [-0.2, 0) is 0 Å². The first kappa shape index (κ1) is 18.0. The van der Waals surface area contributed by atoms with Crippen molar-refractivity contribution in [2.75, 3.05) is 38.6 Å². The molecule has 3 N–H and O–H groups in total. The number of methoxy groups -OCH3 is 1. The van der Waals surface area contributed by atoms with E-state index in [-0.39, 0.29) is 24.0 Å². The van der Waals surface area contributed by atoms with E-state index in [0.717, 1.165) is 30.9 Å². The van der Waals surface area contributed by atoms with Gasteiger partial charge in [0.05, 0.1) is 7.11 Å². The molecule has 0 radical (unpaired) electrons. The SMILES string of the molecule is COc1cccc(NC(N)=NCCCN2CCCC2)c1.I. The van der Waals surface area contributed by atoms with E-state index >= 15 is 0 Å². The van der Waals surface area contributed by atoms with E-state index in [1.54, 1.807) is 7.11 Å². The number of likely N-dealkylation sites (tertiary alicyclic amines) is 1. The molecule has 118 valence electrons. The monoisotopic (exact) mass is 404 g/mol. The highest BCUT2D eigenvalue weighted by molar-refractivity contribution is 14.0. The van der Waals surface area contributed by atoms with Crippen LogP contribution in [0.4, 0.5) is 5.69 Å². The maximum absolute atomic E-state index is 5.88. The van der Waals surface area contributed by atoms with Crippen molar-refractivity contribution in [1.82, 2.24) is 4.90 Å². The van der Waals surface area contributed by atoms with Crippen molar-refractivity contribution in [1.29, 1.82) is 0 Å². The Kier molecular flexibility index (Phi) is 8.44. The molecule has 21 heavy (non-hydrogen) atoms. The third-order valence-corrected chi connectivity index (χ3v) is 3.46. The summed E-state index contributed by atoms with van der Waals surface area (Å²) >= 11 is 0. The summed E-state index contributed by atoms with van der Waals surface area (Å²) in [5, 5.41) is 3.08. The third-order valence-electron chi connectivity index (χ3n) is 3.46. The second-order valence-electron chi connectivity index (χ2n) is 5.03. The Morgan fingerprint density at radius 3 is 2.86 bits per heavy atom. The van der Waals surface area contributed by atoms with Crippen molar-refractivity contribution in [3.63, 3.8) is 0 Å². The van der Waals surface area contributed by atoms with E-state index in [1.807, 2.05) is 24.3 Å². The van der Waals surface area contributed by atoms with Gasteiger partial charge in [0.2, 0.25) is 0 Å². The Morgan fingerprint density at radius 1 is 1.38 bits per heavy atom. The maximum atomic E-state index is 5.88. The molecule has 0 aliphatic carbocycles. The molecule has 2 rings (SSSR count). The Labute approximate surface area is 144 Å². The van der Waals surface area contributed by atoms with Gasteiger partial charge < -0.3 is 20.7 Å². The van der Waals surface area contributed by atoms with Gasteiger partial charge in [-0.05, 0) is 51.0 Å². The average molecular weight is 404 g/mol. The first-order valence-electron chi connectivity index (χ1n) is 7.21. The van der Waals surface area contributed by atoms with Crippen molar-refractivity contribution < 1.29 is 4.74 Å². The van der Waals surface area contributed by atoms with Gasteiger partial charge in [0.1, 0.15) is 5.75 Å². The summed E-state index contributed by atoms with van der Waals surface area (Å²) < 4.78 is 5.17. The first-order valence-corrected chi connectivity index (χ1v) is 7.21. The minimum atomic E-state index is 0. The lowest BCUT2D eigenvalue weighted by molar-refractivity contribution is 0.336. The molecule has 6 heteroatoms. The predicted molar refractivity (Wildman–Crippen MR) is 98.8 cm³/mol. The van der Waals surface area contributed by atoms with Gasteiger partial charge in [-0.3, -0.25) is 4.99 Å². The van der Waals surface area contributed by atoms with Crippen molar-refractivity contribution >= 4 is 35.6 Å². The third kappa shape index (κ3) is 6.52. The topological polar surface area (TPSA) is 62.9 Å². The molecule has 0 amide bonds. The highest BCUT2D eigenvalue weighted by Gasteiger charge is 2.09. The smallest absolute Gasteiger partial charge is 0.193 e. The van der Waals surface area contributed by atoms with E-state index in [2.05, 4.69) is 15.2 Å². The lowest BCUT2D eigenvalue weighted by Crippen LogP contribution is -2.24. The van der Waals surface area contributed by atoms with Gasteiger partial charge in [-0.25, -0.2) is 0 Å². The fraction of sp³-hybridized carbons (Fsp3) is 0.533. The van der Waals surface area contributed by atoms with Gasteiger partial charge in [-0.15, -0.1) is 24.0 Å². The number of rotatable bonds is 6. The van der Waals surface area contributed by atoms with Gasteiger partial charge in [0.15, 0.2) is 5.96 Å². The minimum absolute atomic E-state index is 0. The lowest BCUT2D eigenvalue weighted by Gasteiger charge is -2.13. The number of anilines is 1. The Morgan fingerprint density at radius 2 is 2.14 bits per heavy atom. The highest BCUT2D eigenvalue weighted by atomic mass is 127. The molecule has 0 saturated carbocycles. The summed E-state index contributed by atoms with van der Waals surface area (Å²) in [6.45, 7) is 4.36. The lowest BCUT2D eigenvalue weighted by atomic mass is 10.3. The zero-order chi connectivity index (χ0) is 14.2. The summed E-state index contributed by atoms with van der Waals surface area (Å²) in [5.41, 5.74) is 6.77. The van der Waals surface area contributed by atoms with Gasteiger partial charge in [-0.1, -0.05) is 6.07 Å². The van der Waals surface area contributed by atoms with E-state index in [4.69, 9.17) is 10.5 Å². The van der Waals surface area contributed by atoms with Crippen LogP contribution >= 0.6 is 24.0 Å². The van der Waals surface area contributed by atoms with Crippen LogP contribution in [0.3, 0.4) is 0 Å². The molecule has 1 aromatic rings. The number of aliphatic imine (C=N–C) groups is 1. The molecule has 1 fully saturated rings. The van der Waals surface area contributed by atoms with Crippen LogP contribution < -0.4 is 15.8 Å². The number of hydrogen-bond donors (Lipinski definition) is 2. The van der Waals surface area contributed by atoms with Crippen LogP contribution in [0.1, 0.15) is 19.3 Å². The summed E-state index contributed by atoms with van der Waals surface area (Å²) in [4.78, 5) is 6.84. The van der Waals surface area contributed by atoms with Crippen molar-refractivity contribution in [3.8, 4) is 5.75 Å². The standard InChI is InChI=1S/C15H24N4O.HI/c1-20-14-7-4-6-13(12-14)18-15(16)17-8-5-11-19-9-2-3-10-19;/h4,6-7,12H,2-3,5,8-11H2,1H3,(H3,16,17,18);1H. The zero-order valence-electron chi connectivity index (χ0n) is 12.5. The van der Waals surface area contributed by atoms with Gasteiger partial charge in [0, 0.05) is 18.3 Å². The van der Waals surface area contributed by atoms with E-state index in [0.29, 0.717) is 5.96 Å². The Balaban J connectivity index is 0.00000220. The molecule has 1 saturated heterocycles. The quantitative estimate of drug-likeness (QED) is 0.331. The summed E-state index contributed by atoms with van der Waals surface area (Å²) in [6, 6.07) is 7.65. The number of guanidine groups is 1. The molecule has 1 heterocycles. The number of halogens is 1. The molecule has 1 aliphatic rings. The number of hydrogen-bond acceptors (Lipinski definition) is 3. The Bertz CT molecular complexity index is 447. The molecule has 0 aromatic heterocycles. The number of benzene rings is 1. The first-order chi connectivity index (χ1) is 9.78. The largest absolute Gasteiger partial charge is 0.497 e. The summed E-state index contributed by atoms with van der Waals surface area (Å²) in [7, 11) is 1.65. The maximum Gasteiger partial charge on any atom is 0.193 e. The van der Waals surface area contributed by atoms with Crippen molar-refractivity contribution in [3.05, 3.63) is 24.3 Å². The highest BCUT2D eigenvalue weighted by Crippen LogP contribution is 2.16. The molecule has 5 nitrogen and oxygen atoms in total. The number of nitrogens with two attached hydrogens (primary N) is 1. The summed E-state index contributed by atoms with van der Waals surface area (Å²) in [5.74, 6) is 1.26. The molecule has 1 aromatic carbocycles. The molecule has 0 bridgehead atoms. The minimum Gasteiger partial charge on any atom is -0.497 e. The van der Waals surface area contributed by atoms with Crippen molar-refractivity contribution in [2.45, 2.75) is 19.3 Å². The second kappa shape index (κ2) is 9.83. The molecule has 0 unspecified atom stereocenters. The molecular weight excluding hydrogens is 379 g/mol.